The molecule has 0 aliphatic carbocycles. The van der Waals surface area contributed by atoms with Crippen LogP contribution in [-0.2, 0) is 6.42 Å². The highest BCUT2D eigenvalue weighted by Gasteiger charge is 2.16. The first-order valence-corrected chi connectivity index (χ1v) is 8.01. The van der Waals surface area contributed by atoms with Gasteiger partial charge in [0.1, 0.15) is 11.6 Å². The van der Waals surface area contributed by atoms with Crippen LogP contribution in [-0.4, -0.2) is 25.9 Å². The zero-order valence-electron chi connectivity index (χ0n) is 12.9. The first-order valence-electron chi connectivity index (χ1n) is 7.21. The summed E-state index contributed by atoms with van der Waals surface area (Å²) < 4.78 is 14.6. The summed E-state index contributed by atoms with van der Waals surface area (Å²) in [5.41, 5.74) is 7.76. The van der Waals surface area contributed by atoms with Crippen molar-refractivity contribution in [3.8, 4) is 0 Å². The third-order valence-corrected chi connectivity index (χ3v) is 4.11. The highest BCUT2D eigenvalue weighted by Crippen LogP contribution is 2.23. The summed E-state index contributed by atoms with van der Waals surface area (Å²) in [6, 6.07) is 7.61. The summed E-state index contributed by atoms with van der Waals surface area (Å²) in [6.07, 6.45) is 5.46. The highest BCUT2D eigenvalue weighted by molar-refractivity contribution is 9.10. The van der Waals surface area contributed by atoms with E-state index in [1.54, 1.807) is 18.6 Å². The summed E-state index contributed by atoms with van der Waals surface area (Å²) in [5, 5.41) is 22.9. The molecule has 4 N–H and O–H groups in total. The Morgan fingerprint density at radius 1 is 1.40 bits per heavy atom. The van der Waals surface area contributed by atoms with Gasteiger partial charge in [-0.05, 0) is 45.8 Å². The van der Waals surface area contributed by atoms with Gasteiger partial charge in [0, 0.05) is 30.6 Å². The first-order chi connectivity index (χ1) is 12.0. The number of nitrogens with one attached hydrogen (secondary N) is 1. The van der Waals surface area contributed by atoms with Gasteiger partial charge in [-0.1, -0.05) is 6.07 Å². The highest BCUT2D eigenvalue weighted by atomic mass is 79.9. The van der Waals surface area contributed by atoms with E-state index in [0.29, 0.717) is 17.0 Å². The van der Waals surface area contributed by atoms with Gasteiger partial charge in [-0.2, -0.15) is 5.06 Å². The Labute approximate surface area is 151 Å². The lowest BCUT2D eigenvalue weighted by molar-refractivity contribution is 0.306. The smallest absolute Gasteiger partial charge is 0.248 e. The van der Waals surface area contributed by atoms with Crippen molar-refractivity contribution in [1.29, 1.82) is 5.41 Å². The van der Waals surface area contributed by atoms with Crippen LogP contribution in [0.1, 0.15) is 11.1 Å². The van der Waals surface area contributed by atoms with E-state index in [-0.39, 0.29) is 21.9 Å². The molecule has 0 radical (unpaired) electrons. The summed E-state index contributed by atoms with van der Waals surface area (Å²) in [4.78, 5) is 4.04. The van der Waals surface area contributed by atoms with Crippen LogP contribution in [0.3, 0.4) is 0 Å². The number of hydroxylamine groups is 1. The largest absolute Gasteiger partial charge is 0.382 e. The second-order valence-corrected chi connectivity index (χ2v) is 6.11. The summed E-state index contributed by atoms with van der Waals surface area (Å²) in [6.45, 7) is 0. The SMILES string of the molecule is N=C(N(O)c1ccc(F)c(Br)c1)n1cc(Cc2cccnc2)c(N)n1. The Morgan fingerprint density at radius 2 is 2.20 bits per heavy atom. The van der Waals surface area contributed by atoms with Crippen molar-refractivity contribution in [2.75, 3.05) is 10.8 Å². The molecule has 1 aromatic carbocycles. The first kappa shape index (κ1) is 17.1. The van der Waals surface area contributed by atoms with E-state index in [4.69, 9.17) is 11.1 Å². The van der Waals surface area contributed by atoms with Gasteiger partial charge in [0.05, 0.1) is 10.2 Å². The molecule has 0 aliphatic heterocycles. The van der Waals surface area contributed by atoms with Gasteiger partial charge in [-0.3, -0.25) is 15.6 Å². The van der Waals surface area contributed by atoms with Crippen molar-refractivity contribution in [3.63, 3.8) is 0 Å². The van der Waals surface area contributed by atoms with E-state index >= 15 is 0 Å². The fraction of sp³-hybridized carbons (Fsp3) is 0.0625. The minimum Gasteiger partial charge on any atom is -0.382 e. The van der Waals surface area contributed by atoms with Crippen molar-refractivity contribution in [2.45, 2.75) is 6.42 Å². The van der Waals surface area contributed by atoms with Crippen LogP contribution in [0, 0.1) is 11.2 Å². The van der Waals surface area contributed by atoms with E-state index in [0.717, 1.165) is 10.2 Å². The molecule has 3 rings (SSSR count). The van der Waals surface area contributed by atoms with Gasteiger partial charge < -0.3 is 5.73 Å². The number of hydrogen-bond acceptors (Lipinski definition) is 5. The maximum atomic E-state index is 13.3. The topological polar surface area (TPSA) is 104 Å². The number of aromatic nitrogens is 3. The average Bonchev–Trinajstić information content (AvgIpc) is 2.97. The number of pyridine rings is 1. The Bertz CT molecular complexity index is 914. The van der Waals surface area contributed by atoms with Crippen LogP contribution in [0.15, 0.2) is 53.4 Å². The van der Waals surface area contributed by atoms with E-state index in [9.17, 15) is 9.60 Å². The normalized spacial score (nSPS) is 10.7. The second kappa shape index (κ2) is 6.99. The molecule has 0 spiro atoms. The van der Waals surface area contributed by atoms with Crippen LogP contribution < -0.4 is 10.8 Å². The van der Waals surface area contributed by atoms with Crippen molar-refractivity contribution >= 4 is 33.4 Å². The number of halogens is 2. The molecule has 0 fully saturated rings. The molecule has 0 saturated heterocycles. The van der Waals surface area contributed by atoms with Crippen molar-refractivity contribution < 1.29 is 9.60 Å². The lowest BCUT2D eigenvalue weighted by Gasteiger charge is -2.17. The predicted octanol–water partition coefficient (Wildman–Crippen LogP) is 3.03. The number of rotatable bonds is 3. The zero-order chi connectivity index (χ0) is 18.0. The molecule has 128 valence electrons. The van der Waals surface area contributed by atoms with E-state index < -0.39 is 5.82 Å². The lowest BCUT2D eigenvalue weighted by atomic mass is 10.1. The Hall–Kier alpha value is -2.78. The maximum Gasteiger partial charge on any atom is 0.248 e. The molecule has 0 amide bonds. The number of hydrogen-bond donors (Lipinski definition) is 3. The monoisotopic (exact) mass is 404 g/mol. The minimum absolute atomic E-state index is 0.175. The molecule has 7 nitrogen and oxygen atoms in total. The molecule has 0 bridgehead atoms. The second-order valence-electron chi connectivity index (χ2n) is 5.26. The Morgan fingerprint density at radius 3 is 2.88 bits per heavy atom. The summed E-state index contributed by atoms with van der Waals surface area (Å²) in [5.74, 6) is -0.560. The van der Waals surface area contributed by atoms with Gasteiger partial charge in [-0.25, -0.2) is 9.07 Å². The van der Waals surface area contributed by atoms with Gasteiger partial charge in [0.2, 0.25) is 5.96 Å². The third-order valence-electron chi connectivity index (χ3n) is 3.51. The molecular formula is C16H14BrFN6O. The molecule has 25 heavy (non-hydrogen) atoms. The van der Waals surface area contributed by atoms with Gasteiger partial charge in [0.15, 0.2) is 0 Å². The lowest BCUT2D eigenvalue weighted by Crippen LogP contribution is -2.32. The molecule has 2 heterocycles. The molecule has 0 aliphatic rings. The van der Waals surface area contributed by atoms with Crippen LogP contribution >= 0.6 is 15.9 Å². The minimum atomic E-state index is -0.467. The fourth-order valence-corrected chi connectivity index (χ4v) is 2.59. The van der Waals surface area contributed by atoms with Crippen molar-refractivity contribution in [3.05, 3.63) is 70.3 Å². The quantitative estimate of drug-likeness (QED) is 0.353. The van der Waals surface area contributed by atoms with E-state index in [1.165, 1.54) is 18.2 Å². The predicted molar refractivity (Wildman–Crippen MR) is 95.2 cm³/mol. The van der Waals surface area contributed by atoms with Crippen LogP contribution in [0.25, 0.3) is 0 Å². The number of benzene rings is 1. The van der Waals surface area contributed by atoms with Crippen LogP contribution in [0.5, 0.6) is 0 Å². The Kier molecular flexibility index (Phi) is 4.77. The standard InChI is InChI=1S/C16H14BrFN6O/c17-13-7-12(3-4-14(13)18)24(25)16(20)23-9-11(15(19)22-23)6-10-2-1-5-21-8-10/h1-5,7-9,20,25H,6H2,(H2,19,22). The Balaban J connectivity index is 1.82. The third kappa shape index (κ3) is 3.67. The zero-order valence-corrected chi connectivity index (χ0v) is 14.5. The van der Waals surface area contributed by atoms with Gasteiger partial charge in [0.25, 0.3) is 0 Å². The van der Waals surface area contributed by atoms with Crippen molar-refractivity contribution in [2.24, 2.45) is 0 Å². The van der Waals surface area contributed by atoms with Crippen LogP contribution in [0.2, 0.25) is 0 Å². The fourth-order valence-electron chi connectivity index (χ4n) is 2.23. The van der Waals surface area contributed by atoms with Gasteiger partial charge >= 0.3 is 0 Å². The average molecular weight is 405 g/mol. The van der Waals surface area contributed by atoms with Crippen molar-refractivity contribution in [1.82, 2.24) is 14.8 Å². The summed E-state index contributed by atoms with van der Waals surface area (Å²) in [7, 11) is 0. The molecule has 0 unspecified atom stereocenters. The van der Waals surface area contributed by atoms with E-state index in [2.05, 4.69) is 26.0 Å². The molecule has 3 aromatic rings. The van der Waals surface area contributed by atoms with E-state index in [1.807, 2.05) is 12.1 Å². The molecule has 2 aromatic heterocycles. The number of anilines is 2. The number of nitrogens with two attached hydrogens (primary N) is 1. The van der Waals surface area contributed by atoms with Crippen LogP contribution in [0.4, 0.5) is 15.9 Å². The van der Waals surface area contributed by atoms with Gasteiger partial charge in [-0.15, -0.1) is 5.10 Å². The molecule has 0 saturated carbocycles. The number of nitrogen functional groups attached to an aromatic ring is 1. The molecule has 0 atom stereocenters. The molecular weight excluding hydrogens is 391 g/mol. The summed E-state index contributed by atoms with van der Waals surface area (Å²) >= 11 is 3.04. The maximum absolute atomic E-state index is 13.3. The number of nitrogens with zero attached hydrogens (tertiary/aromatic N) is 4. The molecule has 9 heteroatoms.